The Labute approximate surface area is 128 Å². The second kappa shape index (κ2) is 8.04. The van der Waals surface area contributed by atoms with E-state index >= 15 is 0 Å². The van der Waals surface area contributed by atoms with Crippen LogP contribution in [-0.4, -0.2) is 24.0 Å². The third-order valence-electron chi connectivity index (χ3n) is 2.60. The van der Waals surface area contributed by atoms with Gasteiger partial charge in [-0.3, -0.25) is 4.79 Å². The third kappa shape index (κ3) is 4.33. The average Bonchev–Trinajstić information content (AvgIpc) is 3.02. The van der Waals surface area contributed by atoms with Gasteiger partial charge in [-0.25, -0.2) is 4.98 Å². The fourth-order valence-corrected chi connectivity index (χ4v) is 2.36. The summed E-state index contributed by atoms with van der Waals surface area (Å²) in [6.07, 6.45) is 1.80. The van der Waals surface area contributed by atoms with Crippen molar-refractivity contribution in [2.24, 2.45) is 5.73 Å². The first-order valence-electron chi connectivity index (χ1n) is 6.21. The number of thiazole rings is 1. The highest BCUT2D eigenvalue weighted by atomic mass is 35.5. The number of aromatic nitrogens is 1. The zero-order valence-corrected chi connectivity index (χ0v) is 12.9. The van der Waals surface area contributed by atoms with Crippen molar-refractivity contribution in [3.8, 4) is 10.8 Å². The summed E-state index contributed by atoms with van der Waals surface area (Å²) in [6, 6.07) is 3.74. The molecule has 3 N–H and O–H groups in total. The normalized spacial score (nSPS) is 10.1. The van der Waals surface area contributed by atoms with Gasteiger partial charge in [-0.05, 0) is 38.4 Å². The number of carbonyl (C=O) groups excluding carboxylic acids is 1. The SMILES string of the molecule is Cc1ccc(-c2nc(C(=O)NCCCCN)cs2)o1.Cl. The number of rotatable bonds is 6. The Kier molecular flexibility index (Phi) is 6.70. The van der Waals surface area contributed by atoms with Crippen LogP contribution in [-0.2, 0) is 0 Å². The summed E-state index contributed by atoms with van der Waals surface area (Å²) < 4.78 is 5.48. The molecule has 20 heavy (non-hydrogen) atoms. The van der Waals surface area contributed by atoms with Crippen molar-refractivity contribution >= 4 is 29.7 Å². The van der Waals surface area contributed by atoms with Gasteiger partial charge in [-0.2, -0.15) is 0 Å². The van der Waals surface area contributed by atoms with Gasteiger partial charge in [-0.15, -0.1) is 23.7 Å². The van der Waals surface area contributed by atoms with Crippen molar-refractivity contribution in [2.75, 3.05) is 13.1 Å². The van der Waals surface area contributed by atoms with Gasteiger partial charge < -0.3 is 15.5 Å². The van der Waals surface area contributed by atoms with Gasteiger partial charge in [0.1, 0.15) is 11.5 Å². The Bertz CT molecular complexity index is 553. The molecule has 0 spiro atoms. The summed E-state index contributed by atoms with van der Waals surface area (Å²) in [6.45, 7) is 3.15. The van der Waals surface area contributed by atoms with Crippen LogP contribution in [0.25, 0.3) is 10.8 Å². The predicted octanol–water partition coefficient (Wildman–Crippen LogP) is 2.60. The first-order chi connectivity index (χ1) is 9.20. The number of aryl methyl sites for hydroxylation is 1. The summed E-state index contributed by atoms with van der Waals surface area (Å²) in [5.41, 5.74) is 5.82. The van der Waals surface area contributed by atoms with E-state index in [0.717, 1.165) is 23.6 Å². The Morgan fingerprint density at radius 2 is 2.25 bits per heavy atom. The maximum atomic E-state index is 11.8. The van der Waals surface area contributed by atoms with Crippen molar-refractivity contribution in [1.29, 1.82) is 0 Å². The molecule has 0 saturated heterocycles. The lowest BCUT2D eigenvalue weighted by Gasteiger charge is -2.01. The number of amides is 1. The summed E-state index contributed by atoms with van der Waals surface area (Å²) >= 11 is 1.40. The number of hydrogen-bond donors (Lipinski definition) is 2. The van der Waals surface area contributed by atoms with Gasteiger partial charge in [0.05, 0.1) is 0 Å². The predicted molar refractivity (Wildman–Crippen MR) is 82.4 cm³/mol. The number of halogens is 1. The summed E-state index contributed by atoms with van der Waals surface area (Å²) in [5, 5.41) is 5.29. The van der Waals surface area contributed by atoms with E-state index in [-0.39, 0.29) is 18.3 Å². The second-order valence-corrected chi connectivity index (χ2v) is 5.06. The molecule has 5 nitrogen and oxygen atoms in total. The molecule has 0 unspecified atom stereocenters. The molecule has 2 rings (SSSR count). The van der Waals surface area contributed by atoms with Gasteiger partial charge in [0.15, 0.2) is 10.8 Å². The lowest BCUT2D eigenvalue weighted by molar-refractivity contribution is 0.0949. The molecule has 2 aromatic rings. The second-order valence-electron chi connectivity index (χ2n) is 4.20. The molecule has 0 atom stereocenters. The molecule has 2 aromatic heterocycles. The number of hydrogen-bond acceptors (Lipinski definition) is 5. The monoisotopic (exact) mass is 315 g/mol. The highest BCUT2D eigenvalue weighted by Crippen LogP contribution is 2.25. The van der Waals surface area contributed by atoms with Crippen LogP contribution in [0.5, 0.6) is 0 Å². The fraction of sp³-hybridized carbons (Fsp3) is 0.385. The maximum absolute atomic E-state index is 11.8. The summed E-state index contributed by atoms with van der Waals surface area (Å²) in [7, 11) is 0. The van der Waals surface area contributed by atoms with Crippen molar-refractivity contribution in [2.45, 2.75) is 19.8 Å². The minimum atomic E-state index is -0.150. The highest BCUT2D eigenvalue weighted by molar-refractivity contribution is 7.13. The standard InChI is InChI=1S/C13H17N3O2S.ClH/c1-9-4-5-11(18-9)13-16-10(8-19-13)12(17)15-7-3-2-6-14;/h4-5,8H,2-3,6-7,14H2,1H3,(H,15,17);1H. The minimum Gasteiger partial charge on any atom is -0.459 e. The van der Waals surface area contributed by atoms with Gasteiger partial charge >= 0.3 is 0 Å². The fourth-order valence-electron chi connectivity index (χ4n) is 1.60. The number of unbranched alkanes of at least 4 members (excludes halogenated alkanes) is 1. The smallest absolute Gasteiger partial charge is 0.270 e. The first kappa shape index (κ1) is 16.7. The Hall–Kier alpha value is -1.37. The molecule has 7 heteroatoms. The molecule has 0 bridgehead atoms. The maximum Gasteiger partial charge on any atom is 0.270 e. The Morgan fingerprint density at radius 1 is 1.45 bits per heavy atom. The largest absolute Gasteiger partial charge is 0.459 e. The van der Waals surface area contributed by atoms with E-state index in [1.165, 1.54) is 11.3 Å². The molecule has 1 amide bonds. The zero-order valence-electron chi connectivity index (χ0n) is 11.2. The van der Waals surface area contributed by atoms with Crippen LogP contribution < -0.4 is 11.1 Å². The van der Waals surface area contributed by atoms with Crippen LogP contribution in [0.1, 0.15) is 29.1 Å². The van der Waals surface area contributed by atoms with Crippen molar-refractivity contribution in [3.05, 3.63) is 29.0 Å². The lowest BCUT2D eigenvalue weighted by atomic mass is 10.3. The summed E-state index contributed by atoms with van der Waals surface area (Å²) in [5.74, 6) is 1.38. The van der Waals surface area contributed by atoms with Crippen LogP contribution >= 0.6 is 23.7 Å². The quantitative estimate of drug-likeness (QED) is 0.803. The van der Waals surface area contributed by atoms with E-state index in [1.54, 1.807) is 5.38 Å². The van der Waals surface area contributed by atoms with Crippen molar-refractivity contribution in [3.63, 3.8) is 0 Å². The highest BCUT2D eigenvalue weighted by Gasteiger charge is 2.13. The van der Waals surface area contributed by atoms with Crippen LogP contribution in [0.15, 0.2) is 21.9 Å². The van der Waals surface area contributed by atoms with E-state index in [2.05, 4.69) is 10.3 Å². The molecule has 2 heterocycles. The number of furan rings is 1. The molecule has 0 aliphatic rings. The van der Waals surface area contributed by atoms with Crippen LogP contribution in [0.2, 0.25) is 0 Å². The molecule has 0 fully saturated rings. The number of nitrogens with one attached hydrogen (secondary N) is 1. The van der Waals surface area contributed by atoms with Crippen LogP contribution in [0.4, 0.5) is 0 Å². The molecule has 0 saturated carbocycles. The van der Waals surface area contributed by atoms with Crippen molar-refractivity contribution in [1.82, 2.24) is 10.3 Å². The molecule has 0 aliphatic carbocycles. The number of nitrogens with two attached hydrogens (primary N) is 1. The average molecular weight is 316 g/mol. The minimum absolute atomic E-state index is 0. The Morgan fingerprint density at radius 3 is 2.90 bits per heavy atom. The molecule has 110 valence electrons. The van der Waals surface area contributed by atoms with E-state index in [4.69, 9.17) is 10.2 Å². The van der Waals surface area contributed by atoms with Crippen LogP contribution in [0, 0.1) is 6.92 Å². The number of carbonyl (C=O) groups is 1. The van der Waals surface area contributed by atoms with Crippen LogP contribution in [0.3, 0.4) is 0 Å². The molecular weight excluding hydrogens is 298 g/mol. The first-order valence-corrected chi connectivity index (χ1v) is 7.09. The van der Waals surface area contributed by atoms with E-state index < -0.39 is 0 Å². The lowest BCUT2D eigenvalue weighted by Crippen LogP contribution is -2.25. The molecule has 0 radical (unpaired) electrons. The Balaban J connectivity index is 0.00000200. The van der Waals surface area contributed by atoms with Gasteiger partial charge in [0.25, 0.3) is 5.91 Å². The van der Waals surface area contributed by atoms with E-state index in [0.29, 0.717) is 24.5 Å². The number of nitrogens with zero attached hydrogens (tertiary/aromatic N) is 1. The zero-order chi connectivity index (χ0) is 13.7. The molecular formula is C13H18ClN3O2S. The van der Waals surface area contributed by atoms with E-state index in [1.807, 2.05) is 19.1 Å². The van der Waals surface area contributed by atoms with Gasteiger partial charge in [0, 0.05) is 11.9 Å². The van der Waals surface area contributed by atoms with Gasteiger partial charge in [-0.1, -0.05) is 0 Å². The van der Waals surface area contributed by atoms with Gasteiger partial charge in [0.2, 0.25) is 0 Å². The molecule has 0 aromatic carbocycles. The summed E-state index contributed by atoms with van der Waals surface area (Å²) in [4.78, 5) is 16.1. The topological polar surface area (TPSA) is 81.2 Å². The third-order valence-corrected chi connectivity index (χ3v) is 3.46. The van der Waals surface area contributed by atoms with Crippen molar-refractivity contribution < 1.29 is 9.21 Å². The molecule has 0 aliphatic heterocycles. The van der Waals surface area contributed by atoms with E-state index in [9.17, 15) is 4.79 Å².